The number of pyridine rings is 1. The van der Waals surface area contributed by atoms with Crippen LogP contribution in [0.25, 0.3) is 0 Å². The molecule has 0 aliphatic carbocycles. The van der Waals surface area contributed by atoms with Crippen LogP contribution in [0.2, 0.25) is 0 Å². The second-order valence-corrected chi connectivity index (χ2v) is 6.84. The van der Waals surface area contributed by atoms with E-state index in [1.165, 1.54) is 12.1 Å². The van der Waals surface area contributed by atoms with E-state index in [2.05, 4.69) is 15.6 Å². The Hall–Kier alpha value is -1.18. The fourth-order valence-electron chi connectivity index (χ4n) is 2.38. The van der Waals surface area contributed by atoms with E-state index >= 15 is 0 Å². The second-order valence-electron chi connectivity index (χ2n) is 5.33. The molecule has 6 nitrogen and oxygen atoms in total. The molecule has 2 rings (SSSR count). The van der Waals surface area contributed by atoms with Crippen LogP contribution in [-0.2, 0) is 10.0 Å². The van der Waals surface area contributed by atoms with Crippen molar-refractivity contribution in [3.63, 3.8) is 0 Å². The number of hydrogen-bond acceptors (Lipinski definition) is 5. The number of nitrogens with one attached hydrogen (secondary N) is 2. The standard InChI is InChI=1S/C14H24N4O2S/c1-14(2)9-11(10-17-14)5-4-8-16-12-6-3-7-13(18-12)21(15,19)20/h3,6-7,11,17H,4-5,8-10H2,1-2H3,(H,16,18)(H2,15,19,20)/t11-/m0/s1/i1D3,2D3. The number of sulfonamides is 1. The van der Waals surface area contributed by atoms with E-state index in [-0.39, 0.29) is 17.4 Å². The Morgan fingerprint density at radius 3 is 3.05 bits per heavy atom. The molecule has 4 N–H and O–H groups in total. The molecule has 7 heteroatoms. The highest BCUT2D eigenvalue weighted by molar-refractivity contribution is 7.89. The summed E-state index contributed by atoms with van der Waals surface area (Å²) in [5.41, 5.74) is -1.87. The Bertz CT molecular complexity index is 752. The minimum atomic E-state index is -3.88. The van der Waals surface area contributed by atoms with E-state index in [1.54, 1.807) is 6.07 Å². The lowest BCUT2D eigenvalue weighted by Crippen LogP contribution is -2.31. The van der Waals surface area contributed by atoms with Gasteiger partial charge in [0.2, 0.25) is 0 Å². The van der Waals surface area contributed by atoms with Gasteiger partial charge in [0.15, 0.2) is 5.03 Å². The Kier molecular flexibility index (Phi) is 2.92. The molecule has 1 aromatic heterocycles. The fraction of sp³-hybridized carbons (Fsp3) is 0.643. The van der Waals surface area contributed by atoms with E-state index in [0.29, 0.717) is 31.7 Å². The lowest BCUT2D eigenvalue weighted by molar-refractivity contribution is 0.430. The monoisotopic (exact) mass is 318 g/mol. The summed E-state index contributed by atoms with van der Waals surface area (Å²) in [7, 11) is -3.88. The molecule has 1 atom stereocenters. The van der Waals surface area contributed by atoms with Gasteiger partial charge >= 0.3 is 0 Å². The third kappa shape index (κ3) is 4.94. The van der Waals surface area contributed by atoms with Crippen LogP contribution in [0.5, 0.6) is 0 Å². The summed E-state index contributed by atoms with van der Waals surface area (Å²) in [6.45, 7) is -4.44. The van der Waals surface area contributed by atoms with Crippen molar-refractivity contribution in [1.82, 2.24) is 10.3 Å². The van der Waals surface area contributed by atoms with Crippen molar-refractivity contribution in [2.75, 3.05) is 18.4 Å². The zero-order valence-electron chi connectivity index (χ0n) is 17.6. The molecule has 21 heavy (non-hydrogen) atoms. The third-order valence-corrected chi connectivity index (χ3v) is 4.21. The maximum Gasteiger partial charge on any atom is 0.255 e. The zero-order chi connectivity index (χ0) is 20.5. The van der Waals surface area contributed by atoms with E-state index in [0.717, 1.165) is 0 Å². The number of rotatable bonds is 6. The average Bonchev–Trinajstić information content (AvgIpc) is 2.96. The van der Waals surface area contributed by atoms with Crippen molar-refractivity contribution in [3.05, 3.63) is 18.2 Å². The first-order valence-corrected chi connectivity index (χ1v) is 8.30. The van der Waals surface area contributed by atoms with Crippen LogP contribution >= 0.6 is 0 Å². The van der Waals surface area contributed by atoms with Crippen LogP contribution in [0.15, 0.2) is 23.2 Å². The summed E-state index contributed by atoms with van der Waals surface area (Å²) in [5.74, 6) is 0.293. The van der Waals surface area contributed by atoms with Crippen molar-refractivity contribution >= 4 is 15.8 Å². The molecule has 0 amide bonds. The lowest BCUT2D eigenvalue weighted by Gasteiger charge is -2.17. The molecule has 0 spiro atoms. The van der Waals surface area contributed by atoms with Gasteiger partial charge in [-0.1, -0.05) is 6.07 Å². The molecule has 2 heterocycles. The quantitative estimate of drug-likeness (QED) is 0.687. The molecule has 0 saturated carbocycles. The highest BCUT2D eigenvalue weighted by Gasteiger charge is 2.29. The van der Waals surface area contributed by atoms with Crippen molar-refractivity contribution in [3.8, 4) is 0 Å². The molecule has 1 aliphatic heterocycles. The van der Waals surface area contributed by atoms with Crippen LogP contribution in [0.3, 0.4) is 0 Å². The van der Waals surface area contributed by atoms with Gasteiger partial charge in [-0.2, -0.15) is 0 Å². The molecular formula is C14H24N4O2S. The first kappa shape index (κ1) is 9.76. The van der Waals surface area contributed by atoms with E-state index in [1.807, 2.05) is 0 Å². The first-order valence-electron chi connectivity index (χ1n) is 9.75. The molecule has 0 aromatic carbocycles. The summed E-state index contributed by atoms with van der Waals surface area (Å²) < 4.78 is 68.5. The molecule has 118 valence electrons. The first-order chi connectivity index (χ1) is 12.3. The van der Waals surface area contributed by atoms with E-state index in [9.17, 15) is 8.42 Å². The molecule has 1 saturated heterocycles. The Balaban J connectivity index is 1.89. The summed E-state index contributed by atoms with van der Waals surface area (Å²) in [6, 6.07) is 4.44. The van der Waals surface area contributed by atoms with Crippen LogP contribution in [0.1, 0.15) is 41.2 Å². The van der Waals surface area contributed by atoms with Crippen LogP contribution < -0.4 is 15.8 Å². The van der Waals surface area contributed by atoms with Gasteiger partial charge in [0.25, 0.3) is 10.0 Å². The maximum atomic E-state index is 11.3. The molecule has 0 bridgehead atoms. The number of nitrogens with zero attached hydrogens (tertiary/aromatic N) is 1. The van der Waals surface area contributed by atoms with Crippen molar-refractivity contribution in [2.45, 2.75) is 43.5 Å². The number of nitrogens with two attached hydrogens (primary N) is 1. The third-order valence-electron chi connectivity index (χ3n) is 3.40. The number of primary sulfonamides is 1. The number of hydrogen-bond donors (Lipinski definition) is 3. The molecule has 1 aliphatic rings. The largest absolute Gasteiger partial charge is 0.370 e. The lowest BCUT2D eigenvalue weighted by atomic mass is 9.94. The van der Waals surface area contributed by atoms with E-state index in [4.69, 9.17) is 13.4 Å². The van der Waals surface area contributed by atoms with Crippen molar-refractivity contribution in [1.29, 1.82) is 0 Å². The van der Waals surface area contributed by atoms with Gasteiger partial charge in [-0.3, -0.25) is 0 Å². The van der Waals surface area contributed by atoms with Gasteiger partial charge in [0.1, 0.15) is 5.82 Å². The summed E-state index contributed by atoms with van der Waals surface area (Å²) >= 11 is 0. The highest BCUT2D eigenvalue weighted by Crippen LogP contribution is 2.26. The smallest absolute Gasteiger partial charge is 0.255 e. The van der Waals surface area contributed by atoms with Crippen LogP contribution in [-0.4, -0.2) is 32.0 Å². The Morgan fingerprint density at radius 1 is 1.57 bits per heavy atom. The molecule has 1 aromatic rings. The van der Waals surface area contributed by atoms with E-state index < -0.39 is 29.3 Å². The van der Waals surface area contributed by atoms with Gasteiger partial charge in [0.05, 0.1) is 0 Å². The summed E-state index contributed by atoms with van der Waals surface area (Å²) in [4.78, 5) is 3.92. The topological polar surface area (TPSA) is 97.1 Å². The predicted molar refractivity (Wildman–Crippen MR) is 83.5 cm³/mol. The molecular weight excluding hydrogens is 288 g/mol. The second kappa shape index (κ2) is 6.29. The molecule has 1 fully saturated rings. The number of anilines is 1. The predicted octanol–water partition coefficient (Wildman–Crippen LogP) is 1.31. The van der Waals surface area contributed by atoms with Gasteiger partial charge in [-0.25, -0.2) is 18.5 Å². The van der Waals surface area contributed by atoms with Crippen molar-refractivity contribution in [2.24, 2.45) is 11.1 Å². The zero-order valence-corrected chi connectivity index (χ0v) is 12.4. The molecule has 0 unspecified atom stereocenters. The van der Waals surface area contributed by atoms with Crippen LogP contribution in [0.4, 0.5) is 5.82 Å². The summed E-state index contributed by atoms with van der Waals surface area (Å²) in [6.07, 6.45) is 1.33. The Labute approximate surface area is 135 Å². The minimum absolute atomic E-state index is 0.0547. The van der Waals surface area contributed by atoms with Crippen molar-refractivity contribution < 1.29 is 16.6 Å². The number of aromatic nitrogens is 1. The van der Waals surface area contributed by atoms with Gasteiger partial charge in [-0.05, 0) is 57.6 Å². The highest BCUT2D eigenvalue weighted by atomic mass is 32.2. The molecule has 0 radical (unpaired) electrons. The van der Waals surface area contributed by atoms with Gasteiger partial charge in [0, 0.05) is 20.3 Å². The Morgan fingerprint density at radius 2 is 2.38 bits per heavy atom. The van der Waals surface area contributed by atoms with Crippen LogP contribution in [0, 0.1) is 5.92 Å². The summed E-state index contributed by atoms with van der Waals surface area (Å²) in [5, 5.41) is 10.5. The normalized spacial score (nSPS) is 26.8. The minimum Gasteiger partial charge on any atom is -0.370 e. The van der Waals surface area contributed by atoms with Gasteiger partial charge < -0.3 is 10.6 Å². The SMILES string of the molecule is [2H]C([2H])([2H])C1(C([2H])([2H])[2H])C[C@H](CCCNc2cccc(S(N)(=O)=O)n2)CN1. The fourth-order valence-corrected chi connectivity index (χ4v) is 2.87. The van der Waals surface area contributed by atoms with Gasteiger partial charge in [-0.15, -0.1) is 0 Å². The maximum absolute atomic E-state index is 11.3. The average molecular weight is 318 g/mol.